The molecule has 0 radical (unpaired) electrons. The van der Waals surface area contributed by atoms with Crippen LogP contribution in [0.1, 0.15) is 48.4 Å². The molecule has 1 saturated heterocycles. The normalized spacial score (nSPS) is 16.6. The van der Waals surface area contributed by atoms with Gasteiger partial charge >= 0.3 is 0 Å². The number of ether oxygens (including phenoxy) is 1. The van der Waals surface area contributed by atoms with Crippen LogP contribution >= 0.6 is 15.9 Å². The summed E-state index contributed by atoms with van der Waals surface area (Å²) in [5.74, 6) is 0.394. The lowest BCUT2D eigenvalue weighted by atomic mass is 9.74. The first-order valence-corrected chi connectivity index (χ1v) is 9.94. The lowest BCUT2D eigenvalue weighted by molar-refractivity contribution is 0.0486. The quantitative estimate of drug-likeness (QED) is 0.746. The van der Waals surface area contributed by atoms with E-state index in [1.165, 1.54) is 5.56 Å². The monoisotopic (exact) mass is 419 g/mol. The van der Waals surface area contributed by atoms with E-state index in [9.17, 15) is 4.79 Å². The van der Waals surface area contributed by atoms with Crippen molar-refractivity contribution in [2.24, 2.45) is 5.92 Å². The molecule has 0 bridgehead atoms. The van der Waals surface area contributed by atoms with E-state index in [-0.39, 0.29) is 11.3 Å². The van der Waals surface area contributed by atoms with Gasteiger partial charge < -0.3 is 10.1 Å². The molecule has 1 aliphatic heterocycles. The molecule has 1 amide bonds. The predicted molar refractivity (Wildman–Crippen MR) is 105 cm³/mol. The molecule has 1 aromatic heterocycles. The summed E-state index contributed by atoms with van der Waals surface area (Å²) in [6.45, 7) is 6.30. The maximum atomic E-state index is 12.6. The molecule has 0 aliphatic carbocycles. The zero-order valence-corrected chi connectivity index (χ0v) is 16.9. The van der Waals surface area contributed by atoms with Crippen LogP contribution in [0.2, 0.25) is 0 Å². The molecule has 26 heavy (non-hydrogen) atoms. The Hall–Kier alpha value is -1.66. The molecule has 1 aromatic carbocycles. The molecule has 0 spiro atoms. The van der Waals surface area contributed by atoms with Crippen LogP contribution in [-0.2, 0) is 16.6 Å². The standard InChI is InChI=1S/C20H26BrN3O2/c1-14(2)10-17-12-18(24-23-17)19(25)22-13-20(6-8-26-9-7-20)15-4-3-5-16(21)11-15/h3-5,11-12,14H,6-10,13H2,1-2H3,(H,22,25)(H,23,24). The number of carbonyl (C=O) groups excluding carboxylic acids is 1. The largest absolute Gasteiger partial charge is 0.381 e. The van der Waals surface area contributed by atoms with E-state index in [2.05, 4.69) is 57.4 Å². The van der Waals surface area contributed by atoms with Crippen molar-refractivity contribution in [3.8, 4) is 0 Å². The number of hydrogen-bond donors (Lipinski definition) is 2. The average molecular weight is 420 g/mol. The van der Waals surface area contributed by atoms with Crippen molar-refractivity contribution in [2.75, 3.05) is 19.8 Å². The average Bonchev–Trinajstić information content (AvgIpc) is 3.08. The van der Waals surface area contributed by atoms with Crippen molar-refractivity contribution in [3.63, 3.8) is 0 Å². The number of carbonyl (C=O) groups is 1. The van der Waals surface area contributed by atoms with Crippen LogP contribution in [-0.4, -0.2) is 35.9 Å². The molecular weight excluding hydrogens is 394 g/mol. The van der Waals surface area contributed by atoms with Gasteiger partial charge in [0.05, 0.1) is 0 Å². The van der Waals surface area contributed by atoms with Gasteiger partial charge in [0.15, 0.2) is 0 Å². The van der Waals surface area contributed by atoms with Gasteiger partial charge in [0.25, 0.3) is 5.91 Å². The van der Waals surface area contributed by atoms with E-state index in [0.717, 1.165) is 29.4 Å². The van der Waals surface area contributed by atoms with Gasteiger partial charge in [-0.05, 0) is 48.9 Å². The zero-order chi connectivity index (χ0) is 18.6. The summed E-state index contributed by atoms with van der Waals surface area (Å²) >= 11 is 3.56. The van der Waals surface area contributed by atoms with E-state index in [1.807, 2.05) is 18.2 Å². The Morgan fingerprint density at radius 2 is 2.12 bits per heavy atom. The third-order valence-electron chi connectivity index (χ3n) is 4.97. The fourth-order valence-corrected chi connectivity index (χ4v) is 3.91. The molecule has 140 valence electrons. The van der Waals surface area contributed by atoms with Crippen LogP contribution in [0.4, 0.5) is 0 Å². The summed E-state index contributed by atoms with van der Waals surface area (Å²) in [7, 11) is 0. The number of aromatic amines is 1. The second-order valence-corrected chi connectivity index (χ2v) is 8.38. The van der Waals surface area contributed by atoms with Gasteiger partial charge in [0, 0.05) is 35.3 Å². The second kappa shape index (κ2) is 8.35. The number of nitrogens with zero attached hydrogens (tertiary/aromatic N) is 1. The molecule has 3 rings (SSSR count). The minimum Gasteiger partial charge on any atom is -0.381 e. The van der Waals surface area contributed by atoms with Gasteiger partial charge in [0.2, 0.25) is 0 Å². The highest BCUT2D eigenvalue weighted by Crippen LogP contribution is 2.35. The number of aromatic nitrogens is 2. The van der Waals surface area contributed by atoms with E-state index in [0.29, 0.717) is 31.4 Å². The SMILES string of the molecule is CC(C)Cc1cc(C(=O)NCC2(c3cccc(Br)c3)CCOCC2)n[nH]1. The third-order valence-corrected chi connectivity index (χ3v) is 5.46. The smallest absolute Gasteiger partial charge is 0.271 e. The van der Waals surface area contributed by atoms with Crippen LogP contribution in [0.15, 0.2) is 34.8 Å². The van der Waals surface area contributed by atoms with E-state index < -0.39 is 0 Å². The number of hydrogen-bond acceptors (Lipinski definition) is 3. The van der Waals surface area contributed by atoms with Crippen LogP contribution in [0.3, 0.4) is 0 Å². The Labute approximate surface area is 163 Å². The van der Waals surface area contributed by atoms with Crippen molar-refractivity contribution in [2.45, 2.75) is 38.5 Å². The number of H-pyrrole nitrogens is 1. The molecule has 2 N–H and O–H groups in total. The van der Waals surface area contributed by atoms with E-state index in [1.54, 1.807) is 0 Å². The lowest BCUT2D eigenvalue weighted by Crippen LogP contribution is -2.44. The van der Waals surface area contributed by atoms with Crippen molar-refractivity contribution in [1.82, 2.24) is 15.5 Å². The number of rotatable bonds is 6. The Balaban J connectivity index is 1.72. The Morgan fingerprint density at radius 1 is 1.35 bits per heavy atom. The number of nitrogens with one attached hydrogen (secondary N) is 2. The van der Waals surface area contributed by atoms with Crippen molar-refractivity contribution in [3.05, 3.63) is 51.8 Å². The van der Waals surface area contributed by atoms with Gasteiger partial charge in [-0.15, -0.1) is 0 Å². The van der Waals surface area contributed by atoms with Gasteiger partial charge in [-0.1, -0.05) is 41.9 Å². The summed E-state index contributed by atoms with van der Waals surface area (Å²) in [4.78, 5) is 12.6. The molecular formula is C20H26BrN3O2. The van der Waals surface area contributed by atoms with Crippen molar-refractivity contribution >= 4 is 21.8 Å². The number of halogens is 1. The molecule has 2 aromatic rings. The van der Waals surface area contributed by atoms with Gasteiger partial charge in [-0.2, -0.15) is 5.10 Å². The van der Waals surface area contributed by atoms with Crippen molar-refractivity contribution in [1.29, 1.82) is 0 Å². The molecule has 1 fully saturated rings. The Kier molecular flexibility index (Phi) is 6.14. The highest BCUT2D eigenvalue weighted by atomic mass is 79.9. The topological polar surface area (TPSA) is 67.0 Å². The summed E-state index contributed by atoms with van der Waals surface area (Å²) in [6, 6.07) is 10.2. The molecule has 2 heterocycles. The fraction of sp³-hybridized carbons (Fsp3) is 0.500. The maximum Gasteiger partial charge on any atom is 0.271 e. The minimum atomic E-state index is -0.128. The number of amides is 1. The van der Waals surface area contributed by atoms with Crippen molar-refractivity contribution < 1.29 is 9.53 Å². The first kappa shape index (κ1) is 19.1. The lowest BCUT2D eigenvalue weighted by Gasteiger charge is -2.38. The van der Waals surface area contributed by atoms with Crippen LogP contribution in [0.5, 0.6) is 0 Å². The Bertz CT molecular complexity index is 751. The van der Waals surface area contributed by atoms with Crippen LogP contribution in [0, 0.1) is 5.92 Å². The van der Waals surface area contributed by atoms with Crippen LogP contribution < -0.4 is 5.32 Å². The maximum absolute atomic E-state index is 12.6. The highest BCUT2D eigenvalue weighted by Gasteiger charge is 2.35. The first-order chi connectivity index (χ1) is 12.5. The van der Waals surface area contributed by atoms with Gasteiger partial charge in [0.1, 0.15) is 5.69 Å². The predicted octanol–water partition coefficient (Wildman–Crippen LogP) is 3.85. The molecule has 0 unspecified atom stereocenters. The van der Waals surface area contributed by atoms with E-state index >= 15 is 0 Å². The summed E-state index contributed by atoms with van der Waals surface area (Å²) in [5.41, 5.74) is 2.59. The first-order valence-electron chi connectivity index (χ1n) is 9.15. The Morgan fingerprint density at radius 3 is 2.81 bits per heavy atom. The molecule has 5 nitrogen and oxygen atoms in total. The highest BCUT2D eigenvalue weighted by molar-refractivity contribution is 9.10. The third kappa shape index (κ3) is 4.54. The molecule has 0 atom stereocenters. The molecule has 1 aliphatic rings. The zero-order valence-electron chi connectivity index (χ0n) is 15.3. The van der Waals surface area contributed by atoms with Crippen LogP contribution in [0.25, 0.3) is 0 Å². The van der Waals surface area contributed by atoms with Gasteiger partial charge in [-0.3, -0.25) is 9.89 Å². The summed E-state index contributed by atoms with van der Waals surface area (Å²) in [6.07, 6.45) is 2.67. The van der Waals surface area contributed by atoms with E-state index in [4.69, 9.17) is 4.74 Å². The van der Waals surface area contributed by atoms with Gasteiger partial charge in [-0.25, -0.2) is 0 Å². The molecule has 0 saturated carbocycles. The summed E-state index contributed by atoms with van der Waals surface area (Å²) < 4.78 is 6.62. The molecule has 6 heteroatoms. The summed E-state index contributed by atoms with van der Waals surface area (Å²) in [5, 5.41) is 10.2. The fourth-order valence-electron chi connectivity index (χ4n) is 3.51. The second-order valence-electron chi connectivity index (χ2n) is 7.46. The number of benzene rings is 1. The minimum absolute atomic E-state index is 0.102.